The van der Waals surface area contributed by atoms with Gasteiger partial charge in [-0.3, -0.25) is 4.79 Å². The highest BCUT2D eigenvalue weighted by atomic mass is 16.2. The number of likely N-dealkylation sites (tertiary alicyclic amines) is 1. The minimum atomic E-state index is 0.131. The van der Waals surface area contributed by atoms with Crippen molar-refractivity contribution in [3.05, 3.63) is 78.0 Å². The fourth-order valence-corrected chi connectivity index (χ4v) is 3.60. The Balaban J connectivity index is 1.72. The maximum Gasteiger partial charge on any atom is 0.223 e. The second kappa shape index (κ2) is 6.00. The van der Waals surface area contributed by atoms with Gasteiger partial charge < -0.3 is 9.88 Å². The standard InChI is InChI=1S/C21H20N2O/c1-2-15-8-9-19-17(12-15)18(13-22-19)20-10-11-21(24)23(20)14-16-6-4-3-5-7-16/h2-9,12-13,20,22H,1,10-11,14H2/t20-/m1/s1. The van der Waals surface area contributed by atoms with Crippen LogP contribution in [0.2, 0.25) is 0 Å². The zero-order valence-corrected chi connectivity index (χ0v) is 13.5. The molecule has 1 fully saturated rings. The molecule has 0 radical (unpaired) electrons. The number of amides is 1. The third-order valence-corrected chi connectivity index (χ3v) is 4.86. The molecule has 0 saturated carbocycles. The summed E-state index contributed by atoms with van der Waals surface area (Å²) in [7, 11) is 0. The molecule has 1 atom stereocenters. The molecule has 0 unspecified atom stereocenters. The third-order valence-electron chi connectivity index (χ3n) is 4.86. The third kappa shape index (κ3) is 2.52. The fourth-order valence-electron chi connectivity index (χ4n) is 3.60. The molecular weight excluding hydrogens is 296 g/mol. The number of carbonyl (C=O) groups is 1. The van der Waals surface area contributed by atoms with Crippen LogP contribution in [0, 0.1) is 0 Å². The van der Waals surface area contributed by atoms with E-state index in [9.17, 15) is 4.79 Å². The summed E-state index contributed by atoms with van der Waals surface area (Å²) in [5, 5.41) is 1.19. The summed E-state index contributed by atoms with van der Waals surface area (Å²) in [6.07, 6.45) is 5.40. The van der Waals surface area contributed by atoms with Crippen molar-refractivity contribution in [2.45, 2.75) is 25.4 Å². The number of nitrogens with one attached hydrogen (secondary N) is 1. The van der Waals surface area contributed by atoms with Crippen molar-refractivity contribution in [2.24, 2.45) is 0 Å². The smallest absolute Gasteiger partial charge is 0.223 e. The minimum absolute atomic E-state index is 0.131. The zero-order valence-electron chi connectivity index (χ0n) is 13.5. The monoisotopic (exact) mass is 316 g/mol. The van der Waals surface area contributed by atoms with Crippen molar-refractivity contribution in [3.63, 3.8) is 0 Å². The van der Waals surface area contributed by atoms with Crippen LogP contribution >= 0.6 is 0 Å². The van der Waals surface area contributed by atoms with E-state index in [0.717, 1.165) is 17.5 Å². The van der Waals surface area contributed by atoms with Gasteiger partial charge in [-0.05, 0) is 35.2 Å². The molecule has 2 heterocycles. The van der Waals surface area contributed by atoms with Crippen LogP contribution in [0.3, 0.4) is 0 Å². The van der Waals surface area contributed by atoms with E-state index in [1.54, 1.807) is 0 Å². The van der Waals surface area contributed by atoms with Gasteiger partial charge in [-0.15, -0.1) is 0 Å². The summed E-state index contributed by atoms with van der Waals surface area (Å²) in [5.74, 6) is 0.234. The molecule has 0 spiro atoms. The van der Waals surface area contributed by atoms with Crippen LogP contribution in [0.25, 0.3) is 17.0 Å². The van der Waals surface area contributed by atoms with Crippen molar-refractivity contribution in [1.29, 1.82) is 0 Å². The van der Waals surface area contributed by atoms with E-state index < -0.39 is 0 Å². The Morgan fingerprint density at radius 3 is 2.83 bits per heavy atom. The van der Waals surface area contributed by atoms with Crippen molar-refractivity contribution < 1.29 is 4.79 Å². The number of aromatic nitrogens is 1. The SMILES string of the molecule is C=Cc1ccc2[nH]cc([C@H]3CCC(=O)N3Cc3ccccc3)c2c1. The van der Waals surface area contributed by atoms with Gasteiger partial charge in [0.1, 0.15) is 0 Å². The Hall–Kier alpha value is -2.81. The highest BCUT2D eigenvalue weighted by molar-refractivity contribution is 5.87. The van der Waals surface area contributed by atoms with Crippen LogP contribution in [0.4, 0.5) is 0 Å². The zero-order chi connectivity index (χ0) is 16.5. The van der Waals surface area contributed by atoms with E-state index in [1.807, 2.05) is 29.2 Å². The van der Waals surface area contributed by atoms with Crippen molar-refractivity contribution >= 4 is 22.9 Å². The number of aromatic amines is 1. The van der Waals surface area contributed by atoms with Crippen LogP contribution in [0.5, 0.6) is 0 Å². The van der Waals surface area contributed by atoms with Crippen LogP contribution in [-0.2, 0) is 11.3 Å². The Morgan fingerprint density at radius 1 is 1.21 bits per heavy atom. The van der Waals surface area contributed by atoms with Gasteiger partial charge in [0.2, 0.25) is 5.91 Å². The quantitative estimate of drug-likeness (QED) is 0.745. The highest BCUT2D eigenvalue weighted by Gasteiger charge is 2.33. The van der Waals surface area contributed by atoms with Gasteiger partial charge in [0.05, 0.1) is 6.04 Å². The van der Waals surface area contributed by atoms with Crippen LogP contribution in [0.15, 0.2) is 61.3 Å². The van der Waals surface area contributed by atoms with E-state index in [0.29, 0.717) is 13.0 Å². The Morgan fingerprint density at radius 2 is 2.04 bits per heavy atom. The summed E-state index contributed by atoms with van der Waals surface area (Å²) >= 11 is 0. The number of nitrogens with zero attached hydrogens (tertiary/aromatic N) is 1. The van der Waals surface area contributed by atoms with Crippen LogP contribution in [-0.4, -0.2) is 15.8 Å². The summed E-state index contributed by atoms with van der Waals surface area (Å²) in [4.78, 5) is 17.8. The molecule has 1 aromatic heterocycles. The van der Waals surface area contributed by atoms with Gasteiger partial charge in [0, 0.05) is 30.1 Å². The van der Waals surface area contributed by atoms with E-state index in [4.69, 9.17) is 0 Å². The Labute approximate surface area is 141 Å². The van der Waals surface area contributed by atoms with E-state index >= 15 is 0 Å². The lowest BCUT2D eigenvalue weighted by Crippen LogP contribution is -2.27. The molecular formula is C21H20N2O. The van der Waals surface area contributed by atoms with Gasteiger partial charge in [-0.25, -0.2) is 0 Å². The second-order valence-electron chi connectivity index (χ2n) is 6.31. The summed E-state index contributed by atoms with van der Waals surface area (Å²) in [6.45, 7) is 4.52. The number of benzene rings is 2. The molecule has 1 saturated heterocycles. The predicted molar refractivity (Wildman–Crippen MR) is 97.4 cm³/mol. The molecule has 0 bridgehead atoms. The van der Waals surface area contributed by atoms with Gasteiger partial charge in [-0.1, -0.05) is 49.1 Å². The first-order valence-corrected chi connectivity index (χ1v) is 8.33. The lowest BCUT2D eigenvalue weighted by Gasteiger charge is -2.25. The summed E-state index contributed by atoms with van der Waals surface area (Å²) in [6, 6.07) is 16.6. The largest absolute Gasteiger partial charge is 0.361 e. The van der Waals surface area contributed by atoms with Gasteiger partial charge in [0.15, 0.2) is 0 Å². The summed E-state index contributed by atoms with van der Waals surface area (Å²) in [5.41, 5.74) is 4.58. The lowest BCUT2D eigenvalue weighted by molar-refractivity contribution is -0.129. The molecule has 1 amide bonds. The molecule has 2 aromatic carbocycles. The first-order chi connectivity index (χ1) is 11.8. The van der Waals surface area contributed by atoms with Gasteiger partial charge in [-0.2, -0.15) is 0 Å². The molecule has 0 aliphatic carbocycles. The molecule has 24 heavy (non-hydrogen) atoms. The molecule has 3 aromatic rings. The maximum absolute atomic E-state index is 12.4. The van der Waals surface area contributed by atoms with E-state index in [-0.39, 0.29) is 11.9 Å². The van der Waals surface area contributed by atoms with Crippen LogP contribution < -0.4 is 0 Å². The number of rotatable bonds is 4. The minimum Gasteiger partial charge on any atom is -0.361 e. The number of hydrogen-bond donors (Lipinski definition) is 1. The molecule has 3 heteroatoms. The lowest BCUT2D eigenvalue weighted by atomic mass is 10.0. The summed E-state index contributed by atoms with van der Waals surface area (Å²) < 4.78 is 0. The molecule has 1 aliphatic rings. The molecule has 4 rings (SSSR count). The maximum atomic E-state index is 12.4. The Kier molecular flexibility index (Phi) is 3.69. The molecule has 3 nitrogen and oxygen atoms in total. The van der Waals surface area contributed by atoms with Crippen molar-refractivity contribution in [2.75, 3.05) is 0 Å². The second-order valence-corrected chi connectivity index (χ2v) is 6.31. The molecule has 1 N–H and O–H groups in total. The highest BCUT2D eigenvalue weighted by Crippen LogP contribution is 2.37. The average Bonchev–Trinajstić information content (AvgIpc) is 3.19. The van der Waals surface area contributed by atoms with Crippen LogP contribution in [0.1, 0.15) is 35.6 Å². The number of fused-ring (bicyclic) bond motifs is 1. The van der Waals surface area contributed by atoms with Crippen molar-refractivity contribution in [3.8, 4) is 0 Å². The number of H-pyrrole nitrogens is 1. The average molecular weight is 316 g/mol. The molecule has 120 valence electrons. The van der Waals surface area contributed by atoms with Gasteiger partial charge in [0.25, 0.3) is 0 Å². The number of carbonyl (C=O) groups excluding carboxylic acids is 1. The first-order valence-electron chi connectivity index (χ1n) is 8.33. The van der Waals surface area contributed by atoms with E-state index in [1.165, 1.54) is 16.5 Å². The molecule has 1 aliphatic heterocycles. The fraction of sp³-hybridized carbons (Fsp3) is 0.190. The van der Waals surface area contributed by atoms with Gasteiger partial charge >= 0.3 is 0 Å². The van der Waals surface area contributed by atoms with E-state index in [2.05, 4.69) is 48.1 Å². The Bertz CT molecular complexity index is 895. The topological polar surface area (TPSA) is 36.1 Å². The first kappa shape index (κ1) is 14.8. The predicted octanol–water partition coefficient (Wildman–Crippen LogP) is 4.67. The number of hydrogen-bond acceptors (Lipinski definition) is 1. The normalized spacial score (nSPS) is 17.6. The van der Waals surface area contributed by atoms with Crippen molar-refractivity contribution in [1.82, 2.24) is 9.88 Å².